The van der Waals surface area contributed by atoms with E-state index in [9.17, 15) is 14.0 Å². The van der Waals surface area contributed by atoms with E-state index < -0.39 is 6.29 Å². The van der Waals surface area contributed by atoms with Crippen molar-refractivity contribution < 1.29 is 14.0 Å². The maximum atomic E-state index is 13.2. The van der Waals surface area contributed by atoms with Crippen LogP contribution < -0.4 is 5.43 Å². The minimum atomic E-state index is -0.478. The molecule has 2 aromatic carbocycles. The van der Waals surface area contributed by atoms with Crippen LogP contribution in [0.5, 0.6) is 0 Å². The van der Waals surface area contributed by atoms with E-state index in [0.717, 1.165) is 29.7 Å². The number of rotatable bonds is 5. The monoisotopic (exact) mass is 426 g/mol. The Kier molecular flexibility index (Phi) is 5.12. The molecule has 0 bridgehead atoms. The lowest BCUT2D eigenvalue weighted by Crippen LogP contribution is -2.66. The molecule has 3 unspecified atom stereocenters. The van der Waals surface area contributed by atoms with Gasteiger partial charge in [-0.05, 0) is 41.9 Å². The molecule has 3 fully saturated rings. The number of halogens is 1. The van der Waals surface area contributed by atoms with E-state index in [0.29, 0.717) is 13.1 Å². The average molecular weight is 427 g/mol. The molecule has 3 heterocycles. The van der Waals surface area contributed by atoms with Gasteiger partial charge in [-0.15, -0.1) is 11.8 Å². The van der Waals surface area contributed by atoms with Crippen molar-refractivity contribution in [3.05, 3.63) is 71.5 Å². The van der Waals surface area contributed by atoms with Gasteiger partial charge < -0.3 is 4.90 Å². The molecule has 8 heteroatoms. The third kappa shape index (κ3) is 3.44. The zero-order chi connectivity index (χ0) is 20.7. The van der Waals surface area contributed by atoms with Crippen molar-refractivity contribution >= 4 is 23.7 Å². The molecule has 3 aliphatic heterocycles. The van der Waals surface area contributed by atoms with Gasteiger partial charge in [0, 0.05) is 6.54 Å². The highest BCUT2D eigenvalue weighted by Gasteiger charge is 2.55. The van der Waals surface area contributed by atoms with E-state index in [1.165, 1.54) is 12.1 Å². The highest BCUT2D eigenvalue weighted by Crippen LogP contribution is 2.39. The largest absolute Gasteiger partial charge is 0.337 e. The quantitative estimate of drug-likeness (QED) is 0.799. The van der Waals surface area contributed by atoms with Crippen molar-refractivity contribution in [1.82, 2.24) is 20.2 Å². The molecular formula is C22H23FN4O2S. The number of carbonyl (C=O) groups excluding carboxylic acids is 2. The fourth-order valence-electron chi connectivity index (χ4n) is 4.44. The van der Waals surface area contributed by atoms with Gasteiger partial charge in [0.1, 0.15) is 11.1 Å². The number of hydrazine groups is 1. The number of nitrogens with zero attached hydrogens (tertiary/aromatic N) is 3. The minimum Gasteiger partial charge on any atom is -0.307 e. The van der Waals surface area contributed by atoms with E-state index in [1.54, 1.807) is 33.8 Å². The lowest BCUT2D eigenvalue weighted by atomic mass is 10.0. The molecule has 156 valence electrons. The topological polar surface area (TPSA) is 55.9 Å². The fraction of sp³-hybridized carbons (Fsp3) is 0.364. The number of thioether (sulfide) groups is 1. The summed E-state index contributed by atoms with van der Waals surface area (Å²) in [5.74, 6) is 0.672. The Labute approximate surface area is 179 Å². The molecule has 0 aromatic heterocycles. The van der Waals surface area contributed by atoms with E-state index in [1.807, 2.05) is 35.2 Å². The standard InChI is InChI=1S/C22H23FN4O2S/c23-17-8-6-16(7-9-17)14-26-22(29)27-18-11-13-30-19(18)20(28)25(21(27)24-26)12-10-15-4-2-1-3-5-15/h1-9,18-19,21,24H,10-14H2. The number of hydrogen-bond acceptors (Lipinski definition) is 4. The molecule has 1 N–H and O–H groups in total. The van der Waals surface area contributed by atoms with Gasteiger partial charge in [0.2, 0.25) is 5.91 Å². The number of nitrogens with one attached hydrogen (secondary N) is 1. The zero-order valence-electron chi connectivity index (χ0n) is 16.4. The van der Waals surface area contributed by atoms with Crippen LogP contribution in [0.1, 0.15) is 17.5 Å². The first-order valence-corrected chi connectivity index (χ1v) is 11.2. The number of urea groups is 1. The lowest BCUT2D eigenvalue weighted by molar-refractivity contribution is -0.144. The number of benzene rings is 2. The summed E-state index contributed by atoms with van der Waals surface area (Å²) in [4.78, 5) is 30.1. The summed E-state index contributed by atoms with van der Waals surface area (Å²) in [6.07, 6.45) is 1.07. The molecule has 5 rings (SSSR count). The van der Waals surface area contributed by atoms with Gasteiger partial charge in [0.05, 0.1) is 12.6 Å². The summed E-state index contributed by atoms with van der Waals surface area (Å²) in [6.45, 7) is 0.857. The molecule has 0 spiro atoms. The highest BCUT2D eigenvalue weighted by molar-refractivity contribution is 8.00. The molecule has 3 saturated heterocycles. The van der Waals surface area contributed by atoms with E-state index in [-0.39, 0.29) is 29.0 Å². The third-order valence-electron chi connectivity index (χ3n) is 5.96. The van der Waals surface area contributed by atoms with E-state index in [4.69, 9.17) is 0 Å². The highest BCUT2D eigenvalue weighted by atomic mass is 32.2. The Morgan fingerprint density at radius 1 is 1.03 bits per heavy atom. The molecule has 0 aliphatic carbocycles. The number of hydrogen-bond donors (Lipinski definition) is 1. The van der Waals surface area contributed by atoms with Crippen LogP contribution in [0.3, 0.4) is 0 Å². The van der Waals surface area contributed by atoms with Crippen molar-refractivity contribution in [2.75, 3.05) is 12.3 Å². The van der Waals surface area contributed by atoms with Crippen molar-refractivity contribution in [2.45, 2.75) is 37.0 Å². The Hall–Kier alpha value is -2.58. The summed E-state index contributed by atoms with van der Waals surface area (Å²) in [5.41, 5.74) is 5.24. The molecule has 3 aliphatic rings. The van der Waals surface area contributed by atoms with E-state index in [2.05, 4.69) is 5.43 Å². The number of carbonyl (C=O) groups is 2. The Bertz CT molecular complexity index is 942. The first-order chi connectivity index (χ1) is 14.6. The zero-order valence-corrected chi connectivity index (χ0v) is 17.2. The normalized spacial score (nSPS) is 25.6. The molecule has 30 heavy (non-hydrogen) atoms. The minimum absolute atomic E-state index is 0.0845. The summed E-state index contributed by atoms with van der Waals surface area (Å²) in [6, 6.07) is 16.0. The van der Waals surface area contributed by atoms with Gasteiger partial charge in [0.15, 0.2) is 6.29 Å². The molecule has 0 radical (unpaired) electrons. The molecule has 0 saturated carbocycles. The van der Waals surface area contributed by atoms with Gasteiger partial charge in [-0.3, -0.25) is 14.7 Å². The van der Waals surface area contributed by atoms with Crippen LogP contribution in [0.25, 0.3) is 0 Å². The van der Waals surface area contributed by atoms with Crippen LogP contribution >= 0.6 is 11.8 Å². The number of amides is 3. The maximum Gasteiger partial charge on any atom is 0.337 e. The SMILES string of the molecule is O=C1C2SCCC2N2C(=O)N(Cc3ccc(F)cc3)NC2N1CCc1ccccc1. The average Bonchev–Trinajstić information content (AvgIpc) is 3.36. The molecule has 3 atom stereocenters. The maximum absolute atomic E-state index is 13.2. The van der Waals surface area contributed by atoms with Crippen LogP contribution in [0.2, 0.25) is 0 Å². The van der Waals surface area contributed by atoms with Gasteiger partial charge in [-0.1, -0.05) is 42.5 Å². The van der Waals surface area contributed by atoms with Crippen LogP contribution in [0, 0.1) is 5.82 Å². The summed E-state index contributed by atoms with van der Waals surface area (Å²) < 4.78 is 13.2. The molecule has 2 aromatic rings. The summed E-state index contributed by atoms with van der Waals surface area (Å²) in [7, 11) is 0. The Balaban J connectivity index is 1.38. The van der Waals surface area contributed by atoms with Crippen molar-refractivity contribution in [3.63, 3.8) is 0 Å². The predicted octanol–water partition coefficient (Wildman–Crippen LogP) is 2.81. The third-order valence-corrected chi connectivity index (χ3v) is 7.31. The molecular weight excluding hydrogens is 403 g/mol. The van der Waals surface area contributed by atoms with Crippen LogP contribution in [-0.2, 0) is 17.8 Å². The Morgan fingerprint density at radius 2 is 1.80 bits per heavy atom. The van der Waals surface area contributed by atoms with Gasteiger partial charge >= 0.3 is 6.03 Å². The van der Waals surface area contributed by atoms with Crippen molar-refractivity contribution in [3.8, 4) is 0 Å². The predicted molar refractivity (Wildman–Crippen MR) is 113 cm³/mol. The first kappa shape index (κ1) is 19.4. The van der Waals surface area contributed by atoms with Gasteiger partial charge in [0.25, 0.3) is 0 Å². The van der Waals surface area contributed by atoms with Crippen molar-refractivity contribution in [1.29, 1.82) is 0 Å². The fourth-order valence-corrected chi connectivity index (χ4v) is 5.84. The Morgan fingerprint density at radius 3 is 2.57 bits per heavy atom. The smallest absolute Gasteiger partial charge is 0.307 e. The lowest BCUT2D eigenvalue weighted by Gasteiger charge is -2.44. The summed E-state index contributed by atoms with van der Waals surface area (Å²) in [5, 5.41) is 1.35. The summed E-state index contributed by atoms with van der Waals surface area (Å²) >= 11 is 1.64. The van der Waals surface area contributed by atoms with Crippen LogP contribution in [0.4, 0.5) is 9.18 Å². The second-order valence-corrected chi connectivity index (χ2v) is 9.07. The number of fused-ring (bicyclic) bond motifs is 3. The second-order valence-electron chi connectivity index (χ2n) is 7.82. The first-order valence-electron chi connectivity index (χ1n) is 10.2. The van der Waals surface area contributed by atoms with Crippen LogP contribution in [-0.4, -0.2) is 56.6 Å². The van der Waals surface area contributed by atoms with E-state index >= 15 is 0 Å². The molecule has 3 amide bonds. The molecule has 6 nitrogen and oxygen atoms in total. The second kappa shape index (κ2) is 7.92. The van der Waals surface area contributed by atoms with Gasteiger partial charge in [-0.25, -0.2) is 9.18 Å². The van der Waals surface area contributed by atoms with Gasteiger partial charge in [-0.2, -0.15) is 5.43 Å². The van der Waals surface area contributed by atoms with Crippen LogP contribution in [0.15, 0.2) is 54.6 Å². The van der Waals surface area contributed by atoms with Crippen molar-refractivity contribution in [2.24, 2.45) is 0 Å².